The van der Waals surface area contributed by atoms with Crippen molar-refractivity contribution in [2.45, 2.75) is 39.3 Å². The first-order valence-electron chi connectivity index (χ1n) is 7.77. The van der Waals surface area contributed by atoms with Gasteiger partial charge in [0.15, 0.2) is 0 Å². The van der Waals surface area contributed by atoms with E-state index in [-0.39, 0.29) is 0 Å². The highest BCUT2D eigenvalue weighted by atomic mass is 16.5. The molecule has 3 nitrogen and oxygen atoms in total. The van der Waals surface area contributed by atoms with E-state index < -0.39 is 0 Å². The zero-order chi connectivity index (χ0) is 14.4. The molecule has 1 aromatic rings. The monoisotopic (exact) mass is 276 g/mol. The van der Waals surface area contributed by atoms with Crippen molar-refractivity contribution in [3.05, 3.63) is 29.8 Å². The fourth-order valence-corrected chi connectivity index (χ4v) is 2.20. The van der Waals surface area contributed by atoms with Gasteiger partial charge in [0.05, 0.1) is 6.61 Å². The van der Waals surface area contributed by atoms with Crippen LogP contribution in [0.3, 0.4) is 0 Å². The molecule has 0 saturated heterocycles. The molecule has 1 N–H and O–H groups in total. The number of para-hydroxylation sites is 1. The molecule has 20 heavy (non-hydrogen) atoms. The Hall–Kier alpha value is -1.06. The van der Waals surface area contributed by atoms with Gasteiger partial charge in [-0.1, -0.05) is 32.0 Å². The van der Waals surface area contributed by atoms with Gasteiger partial charge in [0.1, 0.15) is 0 Å². The van der Waals surface area contributed by atoms with Crippen LogP contribution in [-0.2, 0) is 11.3 Å². The number of likely N-dealkylation sites (N-methyl/N-ethyl adjacent to an activating group) is 1. The molecule has 0 spiro atoms. The highest BCUT2D eigenvalue weighted by Crippen LogP contribution is 2.28. The van der Waals surface area contributed by atoms with Gasteiger partial charge >= 0.3 is 0 Å². The Morgan fingerprint density at radius 3 is 2.75 bits per heavy atom. The quantitative estimate of drug-likeness (QED) is 0.702. The van der Waals surface area contributed by atoms with Crippen LogP contribution in [0.1, 0.15) is 32.3 Å². The average molecular weight is 276 g/mol. The van der Waals surface area contributed by atoms with Crippen LogP contribution in [-0.4, -0.2) is 32.8 Å². The lowest BCUT2D eigenvalue weighted by Crippen LogP contribution is -2.27. The third-order valence-corrected chi connectivity index (χ3v) is 3.73. The summed E-state index contributed by atoms with van der Waals surface area (Å²) in [7, 11) is 2.15. The second-order valence-electron chi connectivity index (χ2n) is 6.10. The normalized spacial score (nSPS) is 14.8. The van der Waals surface area contributed by atoms with Gasteiger partial charge in [0.25, 0.3) is 0 Å². The summed E-state index contributed by atoms with van der Waals surface area (Å²) in [6, 6.07) is 9.12. The van der Waals surface area contributed by atoms with Crippen LogP contribution in [0.2, 0.25) is 0 Å². The molecule has 1 fully saturated rings. The number of benzene rings is 1. The maximum Gasteiger partial charge on any atom is 0.0641 e. The number of hydrogen-bond acceptors (Lipinski definition) is 3. The highest BCUT2D eigenvalue weighted by Gasteiger charge is 2.21. The number of nitrogens with one attached hydrogen (secondary N) is 1. The van der Waals surface area contributed by atoms with Gasteiger partial charge in [-0.25, -0.2) is 0 Å². The topological polar surface area (TPSA) is 24.5 Å². The van der Waals surface area contributed by atoms with Crippen molar-refractivity contribution in [2.24, 2.45) is 5.92 Å². The lowest BCUT2D eigenvalue weighted by molar-refractivity contribution is 0.131. The molecule has 0 amide bonds. The highest BCUT2D eigenvalue weighted by molar-refractivity contribution is 5.53. The van der Waals surface area contributed by atoms with E-state index in [1.165, 1.54) is 24.1 Å². The fourth-order valence-electron chi connectivity index (χ4n) is 2.20. The van der Waals surface area contributed by atoms with Gasteiger partial charge < -0.3 is 15.0 Å². The Morgan fingerprint density at radius 1 is 1.30 bits per heavy atom. The van der Waals surface area contributed by atoms with Crippen LogP contribution in [0.5, 0.6) is 0 Å². The summed E-state index contributed by atoms with van der Waals surface area (Å²) in [6.45, 7) is 7.99. The number of rotatable bonds is 9. The second-order valence-corrected chi connectivity index (χ2v) is 6.10. The molecule has 0 radical (unpaired) electrons. The second kappa shape index (κ2) is 7.65. The minimum Gasteiger partial charge on any atom is -0.379 e. The van der Waals surface area contributed by atoms with E-state index in [0.29, 0.717) is 6.04 Å². The Labute approximate surface area is 123 Å². The van der Waals surface area contributed by atoms with Crippen molar-refractivity contribution in [3.63, 3.8) is 0 Å². The summed E-state index contributed by atoms with van der Waals surface area (Å²) in [5.41, 5.74) is 2.65. The van der Waals surface area contributed by atoms with Crippen molar-refractivity contribution >= 4 is 5.69 Å². The maximum atomic E-state index is 5.73. The fraction of sp³-hybridized carbons (Fsp3) is 0.647. The van der Waals surface area contributed by atoms with E-state index in [2.05, 4.69) is 55.4 Å². The van der Waals surface area contributed by atoms with Crippen LogP contribution < -0.4 is 10.2 Å². The molecule has 0 atom stereocenters. The molecule has 0 unspecified atom stereocenters. The number of ether oxygens (including phenoxy) is 1. The average Bonchev–Trinajstić information content (AvgIpc) is 3.25. The predicted octanol–water partition coefficient (Wildman–Crippen LogP) is 3.05. The van der Waals surface area contributed by atoms with E-state index in [9.17, 15) is 0 Å². The summed E-state index contributed by atoms with van der Waals surface area (Å²) >= 11 is 0. The van der Waals surface area contributed by atoms with Crippen molar-refractivity contribution in [1.29, 1.82) is 0 Å². The molecule has 0 aliphatic heterocycles. The maximum absolute atomic E-state index is 5.73. The van der Waals surface area contributed by atoms with E-state index in [0.717, 1.165) is 32.2 Å². The van der Waals surface area contributed by atoms with Gasteiger partial charge in [-0.15, -0.1) is 0 Å². The van der Waals surface area contributed by atoms with Crippen LogP contribution in [0.15, 0.2) is 24.3 Å². The Bertz CT molecular complexity index is 402. The van der Waals surface area contributed by atoms with E-state index >= 15 is 0 Å². The number of anilines is 1. The number of nitrogens with zero attached hydrogens (tertiary/aromatic N) is 1. The van der Waals surface area contributed by atoms with Gasteiger partial charge in [-0.05, 0) is 30.4 Å². The molecule has 0 aromatic heterocycles. The zero-order valence-electron chi connectivity index (χ0n) is 13.1. The first-order chi connectivity index (χ1) is 9.66. The van der Waals surface area contributed by atoms with Gasteiger partial charge in [0, 0.05) is 38.5 Å². The van der Waals surface area contributed by atoms with Gasteiger partial charge in [0.2, 0.25) is 0 Å². The minimum absolute atomic E-state index is 0.509. The standard InChI is InChI=1S/C17H28N2O/c1-14(2)18-12-16-6-4-5-7-17(16)19(3)10-11-20-13-15-8-9-15/h4-7,14-15,18H,8-13H2,1-3H3. The molecule has 0 bridgehead atoms. The predicted molar refractivity (Wildman–Crippen MR) is 85.2 cm³/mol. The van der Waals surface area contributed by atoms with Crippen molar-refractivity contribution in [3.8, 4) is 0 Å². The molecule has 0 heterocycles. The SMILES string of the molecule is CC(C)NCc1ccccc1N(C)CCOCC1CC1. The summed E-state index contributed by atoms with van der Waals surface area (Å²) < 4.78 is 5.73. The molecule has 112 valence electrons. The molecule has 1 saturated carbocycles. The van der Waals surface area contributed by atoms with E-state index in [1.54, 1.807) is 0 Å². The van der Waals surface area contributed by atoms with Crippen LogP contribution >= 0.6 is 0 Å². The molecule has 3 heteroatoms. The van der Waals surface area contributed by atoms with Crippen LogP contribution in [0.25, 0.3) is 0 Å². The first-order valence-corrected chi connectivity index (χ1v) is 7.77. The Kier molecular flexibility index (Phi) is 5.86. The van der Waals surface area contributed by atoms with Crippen molar-refractivity contribution in [1.82, 2.24) is 5.32 Å². The Morgan fingerprint density at radius 2 is 2.05 bits per heavy atom. The molecule has 1 aliphatic carbocycles. The molecule has 1 aromatic carbocycles. The van der Waals surface area contributed by atoms with E-state index in [1.807, 2.05) is 0 Å². The lowest BCUT2D eigenvalue weighted by Gasteiger charge is -2.23. The largest absolute Gasteiger partial charge is 0.379 e. The molecular weight excluding hydrogens is 248 g/mol. The van der Waals surface area contributed by atoms with Crippen LogP contribution in [0, 0.1) is 5.92 Å². The van der Waals surface area contributed by atoms with Gasteiger partial charge in [-0.3, -0.25) is 0 Å². The summed E-state index contributed by atoms with van der Waals surface area (Å²) in [6.07, 6.45) is 2.72. The lowest BCUT2D eigenvalue weighted by atomic mass is 10.1. The first kappa shape index (κ1) is 15.3. The van der Waals surface area contributed by atoms with Gasteiger partial charge in [-0.2, -0.15) is 0 Å². The van der Waals surface area contributed by atoms with E-state index in [4.69, 9.17) is 4.74 Å². The molecule has 1 aliphatic rings. The zero-order valence-corrected chi connectivity index (χ0v) is 13.1. The summed E-state index contributed by atoms with van der Waals surface area (Å²) in [4.78, 5) is 2.30. The van der Waals surface area contributed by atoms with Crippen molar-refractivity contribution < 1.29 is 4.74 Å². The van der Waals surface area contributed by atoms with Crippen LogP contribution in [0.4, 0.5) is 5.69 Å². The Balaban J connectivity index is 1.81. The van der Waals surface area contributed by atoms with Crippen molar-refractivity contribution in [2.75, 3.05) is 31.7 Å². The summed E-state index contributed by atoms with van der Waals surface area (Å²) in [5.74, 6) is 0.850. The smallest absolute Gasteiger partial charge is 0.0641 e. The molecular formula is C17H28N2O. The number of hydrogen-bond donors (Lipinski definition) is 1. The minimum atomic E-state index is 0.509. The molecule has 2 rings (SSSR count). The summed E-state index contributed by atoms with van der Waals surface area (Å²) in [5, 5.41) is 3.49. The third-order valence-electron chi connectivity index (χ3n) is 3.73. The third kappa shape index (κ3) is 5.14.